The number of aromatic nitrogens is 5. The van der Waals surface area contributed by atoms with Crippen molar-refractivity contribution < 1.29 is 9.84 Å². The summed E-state index contributed by atoms with van der Waals surface area (Å²) >= 11 is 5.30. The molecule has 26 heavy (non-hydrogen) atoms. The fraction of sp³-hybridized carbons (Fsp3) is 0.294. The molecule has 1 aliphatic carbocycles. The highest BCUT2D eigenvalue weighted by molar-refractivity contribution is 7.71. The van der Waals surface area contributed by atoms with Crippen LogP contribution in [0.3, 0.4) is 0 Å². The minimum Gasteiger partial charge on any atom is -0.504 e. The van der Waals surface area contributed by atoms with Crippen molar-refractivity contribution in [1.82, 2.24) is 25.1 Å². The number of benzene rings is 1. The van der Waals surface area contributed by atoms with Gasteiger partial charge in [0.15, 0.2) is 11.5 Å². The molecule has 1 aliphatic rings. The number of ether oxygens (including phenoxy) is 1. The molecule has 2 heterocycles. The number of nitrogens with one attached hydrogen (secondary N) is 2. The Bertz CT molecular complexity index is 1030. The van der Waals surface area contributed by atoms with Crippen LogP contribution in [0, 0.1) is 4.77 Å². The van der Waals surface area contributed by atoms with E-state index in [0.717, 1.165) is 36.2 Å². The number of rotatable bonds is 5. The van der Waals surface area contributed by atoms with E-state index >= 15 is 0 Å². The Kier molecular flexibility index (Phi) is 4.29. The van der Waals surface area contributed by atoms with Gasteiger partial charge in [0.2, 0.25) is 10.6 Å². The van der Waals surface area contributed by atoms with Crippen LogP contribution in [0.4, 0.5) is 0 Å². The number of para-hydroxylation sites is 1. The maximum Gasteiger partial charge on any atom is 0.216 e. The molecule has 9 heteroatoms. The Morgan fingerprint density at radius 3 is 3.08 bits per heavy atom. The molecule has 8 nitrogen and oxygen atoms in total. The minimum absolute atomic E-state index is 0.0373. The summed E-state index contributed by atoms with van der Waals surface area (Å²) in [7, 11) is 0. The maximum absolute atomic E-state index is 10.3. The van der Waals surface area contributed by atoms with Gasteiger partial charge in [-0.1, -0.05) is 6.07 Å². The molecular formula is C17H18N6O2S. The molecule has 1 aromatic carbocycles. The van der Waals surface area contributed by atoms with E-state index < -0.39 is 0 Å². The van der Waals surface area contributed by atoms with E-state index in [1.807, 2.05) is 6.92 Å². The highest BCUT2D eigenvalue weighted by Gasteiger charge is 2.23. The van der Waals surface area contributed by atoms with Gasteiger partial charge in [-0.2, -0.15) is 20.0 Å². The predicted octanol–water partition coefficient (Wildman–Crippen LogP) is 2.81. The first-order chi connectivity index (χ1) is 12.7. The van der Waals surface area contributed by atoms with Crippen LogP contribution in [0.5, 0.6) is 11.5 Å². The Morgan fingerprint density at radius 1 is 1.35 bits per heavy atom. The van der Waals surface area contributed by atoms with Crippen molar-refractivity contribution in [2.24, 2.45) is 5.10 Å². The van der Waals surface area contributed by atoms with Gasteiger partial charge in [-0.3, -0.25) is 5.10 Å². The number of aromatic amines is 2. The molecule has 0 fully saturated rings. The van der Waals surface area contributed by atoms with Gasteiger partial charge in [-0.15, -0.1) is 0 Å². The van der Waals surface area contributed by atoms with E-state index in [-0.39, 0.29) is 5.75 Å². The average molecular weight is 370 g/mol. The molecule has 0 saturated heterocycles. The number of hydrogen-bond donors (Lipinski definition) is 3. The minimum atomic E-state index is 0.0373. The summed E-state index contributed by atoms with van der Waals surface area (Å²) in [6.07, 6.45) is 4.58. The molecule has 3 N–H and O–H groups in total. The van der Waals surface area contributed by atoms with E-state index in [1.54, 1.807) is 18.2 Å². The number of phenols is 1. The molecule has 0 unspecified atom stereocenters. The van der Waals surface area contributed by atoms with Crippen molar-refractivity contribution in [1.29, 1.82) is 0 Å². The summed E-state index contributed by atoms with van der Waals surface area (Å²) in [6, 6.07) is 5.25. The van der Waals surface area contributed by atoms with Crippen LogP contribution >= 0.6 is 12.2 Å². The van der Waals surface area contributed by atoms with Crippen LogP contribution in [0.25, 0.3) is 11.5 Å². The quantitative estimate of drug-likeness (QED) is 0.473. The normalized spacial score (nSPS) is 13.4. The van der Waals surface area contributed by atoms with E-state index in [0.29, 0.717) is 28.5 Å². The fourth-order valence-corrected chi connectivity index (χ4v) is 3.27. The first-order valence-corrected chi connectivity index (χ1v) is 8.83. The van der Waals surface area contributed by atoms with Gasteiger partial charge >= 0.3 is 0 Å². The van der Waals surface area contributed by atoms with E-state index in [9.17, 15) is 5.11 Å². The second-order valence-corrected chi connectivity index (χ2v) is 6.31. The second kappa shape index (κ2) is 6.75. The van der Waals surface area contributed by atoms with Crippen LogP contribution < -0.4 is 4.74 Å². The van der Waals surface area contributed by atoms with Gasteiger partial charge in [0.05, 0.1) is 12.8 Å². The van der Waals surface area contributed by atoms with Gasteiger partial charge in [-0.05, 0) is 50.5 Å². The summed E-state index contributed by atoms with van der Waals surface area (Å²) in [5, 5.41) is 29.2. The number of aryl methyl sites for hydroxylation is 1. The third kappa shape index (κ3) is 2.80. The molecule has 0 bridgehead atoms. The third-order valence-corrected chi connectivity index (χ3v) is 4.58. The van der Waals surface area contributed by atoms with Gasteiger partial charge in [0, 0.05) is 16.8 Å². The van der Waals surface area contributed by atoms with Crippen molar-refractivity contribution in [3.63, 3.8) is 0 Å². The number of phenolic OH excluding ortho intramolecular Hbond substituents is 1. The van der Waals surface area contributed by atoms with Gasteiger partial charge in [0.25, 0.3) is 0 Å². The Morgan fingerprint density at radius 2 is 2.23 bits per heavy atom. The molecule has 0 spiro atoms. The Balaban J connectivity index is 1.72. The Labute approximate surface area is 154 Å². The number of fused-ring (bicyclic) bond motifs is 1. The largest absolute Gasteiger partial charge is 0.504 e. The lowest BCUT2D eigenvalue weighted by Crippen LogP contribution is -1.98. The molecule has 0 saturated carbocycles. The lowest BCUT2D eigenvalue weighted by Gasteiger charge is -2.07. The molecule has 0 aliphatic heterocycles. The van der Waals surface area contributed by atoms with Crippen LogP contribution in [-0.4, -0.2) is 43.0 Å². The highest BCUT2D eigenvalue weighted by atomic mass is 32.1. The van der Waals surface area contributed by atoms with Crippen molar-refractivity contribution in [3.8, 4) is 23.0 Å². The lowest BCUT2D eigenvalue weighted by molar-refractivity contribution is 0.318. The number of nitrogens with zero attached hydrogens (tertiary/aromatic N) is 4. The fourth-order valence-electron chi connectivity index (χ4n) is 3.09. The van der Waals surface area contributed by atoms with Gasteiger partial charge < -0.3 is 9.84 Å². The summed E-state index contributed by atoms with van der Waals surface area (Å²) in [6.45, 7) is 2.33. The van der Waals surface area contributed by atoms with Crippen molar-refractivity contribution in [3.05, 3.63) is 39.8 Å². The smallest absolute Gasteiger partial charge is 0.216 e. The standard InChI is InChI=1S/C17H18N6O2S/c1-2-25-13-8-3-5-10(15(13)24)9-18-23-16(21-22-17(23)26)14-11-6-4-7-12(11)19-20-14/h3,5,8-9,24H,2,4,6-7H2,1H3,(H,19,20)(H,22,26)/b18-9+. The summed E-state index contributed by atoms with van der Waals surface area (Å²) < 4.78 is 7.26. The van der Waals surface area contributed by atoms with Crippen LogP contribution in [-0.2, 0) is 12.8 Å². The molecule has 0 atom stereocenters. The topological polar surface area (TPSA) is 104 Å². The number of hydrogen-bond acceptors (Lipinski definition) is 6. The highest BCUT2D eigenvalue weighted by Crippen LogP contribution is 2.30. The maximum atomic E-state index is 10.3. The summed E-state index contributed by atoms with van der Waals surface area (Å²) in [4.78, 5) is 0. The first kappa shape index (κ1) is 16.5. The molecule has 0 amide bonds. The predicted molar refractivity (Wildman–Crippen MR) is 99.3 cm³/mol. The van der Waals surface area contributed by atoms with E-state index in [2.05, 4.69) is 25.5 Å². The zero-order valence-electron chi connectivity index (χ0n) is 14.2. The van der Waals surface area contributed by atoms with E-state index in [4.69, 9.17) is 17.0 Å². The van der Waals surface area contributed by atoms with Gasteiger partial charge in [-0.25, -0.2) is 5.10 Å². The monoisotopic (exact) mass is 370 g/mol. The molecule has 4 rings (SSSR count). The van der Waals surface area contributed by atoms with Crippen LogP contribution in [0.15, 0.2) is 23.3 Å². The van der Waals surface area contributed by atoms with Crippen molar-refractivity contribution in [2.45, 2.75) is 26.2 Å². The molecular weight excluding hydrogens is 352 g/mol. The van der Waals surface area contributed by atoms with E-state index in [1.165, 1.54) is 10.9 Å². The zero-order valence-corrected chi connectivity index (χ0v) is 15.0. The molecule has 3 aromatic rings. The van der Waals surface area contributed by atoms with Gasteiger partial charge in [0.1, 0.15) is 5.69 Å². The third-order valence-electron chi connectivity index (χ3n) is 4.31. The zero-order chi connectivity index (χ0) is 18.1. The van der Waals surface area contributed by atoms with Crippen LogP contribution in [0.1, 0.15) is 30.2 Å². The molecule has 2 aromatic heterocycles. The molecule has 0 radical (unpaired) electrons. The van der Waals surface area contributed by atoms with Crippen molar-refractivity contribution >= 4 is 18.4 Å². The second-order valence-electron chi connectivity index (χ2n) is 5.92. The lowest BCUT2D eigenvalue weighted by atomic mass is 10.2. The average Bonchev–Trinajstić information content (AvgIpc) is 3.32. The van der Waals surface area contributed by atoms with Crippen LogP contribution in [0.2, 0.25) is 0 Å². The first-order valence-electron chi connectivity index (χ1n) is 8.42. The SMILES string of the molecule is CCOc1cccc(/C=N/n2c(-c3n[nH]c4c3CCC4)n[nH]c2=S)c1O. The molecule has 134 valence electrons. The summed E-state index contributed by atoms with van der Waals surface area (Å²) in [5.41, 5.74) is 3.59. The number of aromatic hydroxyl groups is 1. The number of H-pyrrole nitrogens is 2. The van der Waals surface area contributed by atoms with Crippen molar-refractivity contribution in [2.75, 3.05) is 6.61 Å². The summed E-state index contributed by atoms with van der Waals surface area (Å²) in [5.74, 6) is 0.999. The Hall–Kier alpha value is -2.94.